The van der Waals surface area contributed by atoms with Gasteiger partial charge in [0.2, 0.25) is 0 Å². The van der Waals surface area contributed by atoms with Gasteiger partial charge in [0.05, 0.1) is 30.3 Å². The van der Waals surface area contributed by atoms with Crippen molar-refractivity contribution >= 4 is 18.0 Å². The van der Waals surface area contributed by atoms with E-state index in [9.17, 15) is 19.1 Å². The fourth-order valence-electron chi connectivity index (χ4n) is 6.40. The quantitative estimate of drug-likeness (QED) is 0.438. The zero-order valence-corrected chi connectivity index (χ0v) is 22.2. The van der Waals surface area contributed by atoms with Crippen molar-refractivity contribution in [3.05, 3.63) is 88.5 Å². The number of hydrogen-bond acceptors (Lipinski definition) is 5. The number of carbonyl (C=O) groups is 2. The van der Waals surface area contributed by atoms with Crippen LogP contribution < -0.4 is 5.32 Å². The first kappa shape index (κ1) is 25.5. The molecular weight excluding hydrogens is 497 g/mol. The number of carbonyl (C=O) groups excluding carboxylic acids is 2. The van der Waals surface area contributed by atoms with Gasteiger partial charge >= 0.3 is 5.97 Å². The van der Waals surface area contributed by atoms with E-state index in [1.165, 1.54) is 24.8 Å². The second-order valence-corrected chi connectivity index (χ2v) is 11.3. The third kappa shape index (κ3) is 4.18. The molecule has 2 aromatic carbocycles. The SMILES string of the molecule is COC(=O)C1(NC(=O)c2ccccc2CC[C@]2(O)CCC3=Cc4c(cnn4-c4ccc(F)cc4)C[C@@]32C)CC1. The number of fused-ring (bicyclic) bond motifs is 2. The second-order valence-electron chi connectivity index (χ2n) is 11.3. The molecule has 2 fully saturated rings. The number of hydrogen-bond donors (Lipinski definition) is 2. The van der Waals surface area contributed by atoms with Crippen LogP contribution in [0.3, 0.4) is 0 Å². The lowest BCUT2D eigenvalue weighted by Crippen LogP contribution is -2.46. The lowest BCUT2D eigenvalue weighted by atomic mass is 9.65. The molecule has 2 atom stereocenters. The van der Waals surface area contributed by atoms with Crippen molar-refractivity contribution in [2.24, 2.45) is 5.41 Å². The molecule has 3 aromatic rings. The Bertz CT molecular complexity index is 1490. The maximum Gasteiger partial charge on any atom is 0.331 e. The fraction of sp³-hybridized carbons (Fsp3) is 0.387. The smallest absolute Gasteiger partial charge is 0.331 e. The number of nitrogens with zero attached hydrogens (tertiary/aromatic N) is 2. The van der Waals surface area contributed by atoms with E-state index in [0.717, 1.165) is 28.9 Å². The van der Waals surface area contributed by atoms with Gasteiger partial charge in [-0.3, -0.25) is 4.79 Å². The highest BCUT2D eigenvalue weighted by atomic mass is 19.1. The number of benzene rings is 2. The molecule has 0 radical (unpaired) electrons. The van der Waals surface area contributed by atoms with Crippen LogP contribution in [0.5, 0.6) is 0 Å². The van der Waals surface area contributed by atoms with Gasteiger partial charge in [0.15, 0.2) is 0 Å². The number of rotatable bonds is 7. The summed E-state index contributed by atoms with van der Waals surface area (Å²) in [6, 6.07) is 13.7. The van der Waals surface area contributed by atoms with Crippen LogP contribution in [0, 0.1) is 11.2 Å². The van der Waals surface area contributed by atoms with Crippen LogP contribution in [0.15, 0.2) is 60.3 Å². The predicted octanol–water partition coefficient (Wildman–Crippen LogP) is 4.55. The molecular formula is C31H32FN3O4. The molecule has 1 amide bonds. The van der Waals surface area contributed by atoms with Crippen LogP contribution in [0.4, 0.5) is 4.39 Å². The molecule has 1 aromatic heterocycles. The number of amides is 1. The summed E-state index contributed by atoms with van der Waals surface area (Å²) in [5.74, 6) is -1.00. The van der Waals surface area contributed by atoms with E-state index >= 15 is 0 Å². The summed E-state index contributed by atoms with van der Waals surface area (Å²) in [4.78, 5) is 25.3. The third-order valence-electron chi connectivity index (χ3n) is 9.10. The summed E-state index contributed by atoms with van der Waals surface area (Å²) in [7, 11) is 1.33. The molecule has 0 spiro atoms. The maximum atomic E-state index is 13.5. The van der Waals surface area contributed by atoms with E-state index in [1.807, 2.05) is 29.1 Å². The van der Waals surface area contributed by atoms with Gasteiger partial charge in [-0.05, 0) is 92.5 Å². The van der Waals surface area contributed by atoms with Crippen molar-refractivity contribution in [2.45, 2.75) is 63.0 Å². The van der Waals surface area contributed by atoms with E-state index in [4.69, 9.17) is 4.74 Å². The topological polar surface area (TPSA) is 93.4 Å². The van der Waals surface area contributed by atoms with Gasteiger partial charge in [0.25, 0.3) is 5.91 Å². The number of halogens is 1. The largest absolute Gasteiger partial charge is 0.467 e. The average Bonchev–Trinajstić information content (AvgIpc) is 3.54. The summed E-state index contributed by atoms with van der Waals surface area (Å²) in [6.07, 6.45) is 8.18. The van der Waals surface area contributed by atoms with Crippen LogP contribution in [-0.2, 0) is 22.4 Å². The van der Waals surface area contributed by atoms with Crippen molar-refractivity contribution in [1.29, 1.82) is 0 Å². The first-order valence-electron chi connectivity index (χ1n) is 13.4. The van der Waals surface area contributed by atoms with Crippen molar-refractivity contribution in [3.63, 3.8) is 0 Å². The molecule has 0 aliphatic heterocycles. The number of esters is 1. The Morgan fingerprint density at radius 2 is 1.87 bits per heavy atom. The molecule has 0 bridgehead atoms. The van der Waals surface area contributed by atoms with E-state index < -0.39 is 22.5 Å². The number of nitrogens with one attached hydrogen (secondary N) is 1. The third-order valence-corrected chi connectivity index (χ3v) is 9.10. The Morgan fingerprint density at radius 3 is 2.59 bits per heavy atom. The Kier molecular flexibility index (Phi) is 5.99. The summed E-state index contributed by atoms with van der Waals surface area (Å²) in [6.45, 7) is 2.12. The maximum absolute atomic E-state index is 13.5. The van der Waals surface area contributed by atoms with Crippen LogP contribution in [0.2, 0.25) is 0 Å². The molecule has 7 nitrogen and oxygen atoms in total. The van der Waals surface area contributed by atoms with Gasteiger partial charge < -0.3 is 15.2 Å². The molecule has 202 valence electrons. The Labute approximate surface area is 226 Å². The van der Waals surface area contributed by atoms with Crippen molar-refractivity contribution in [1.82, 2.24) is 15.1 Å². The highest BCUT2D eigenvalue weighted by molar-refractivity contribution is 6.00. The molecule has 0 saturated heterocycles. The lowest BCUT2D eigenvalue weighted by Gasteiger charge is -2.42. The number of aryl methyl sites for hydroxylation is 1. The Balaban J connectivity index is 1.22. The van der Waals surface area contributed by atoms with Gasteiger partial charge in [0.1, 0.15) is 11.4 Å². The molecule has 8 heteroatoms. The van der Waals surface area contributed by atoms with Crippen LogP contribution in [0.1, 0.15) is 66.2 Å². The minimum absolute atomic E-state index is 0.291. The minimum atomic E-state index is -0.957. The predicted molar refractivity (Wildman–Crippen MR) is 144 cm³/mol. The van der Waals surface area contributed by atoms with Crippen molar-refractivity contribution < 1.29 is 23.8 Å². The molecule has 2 saturated carbocycles. The Morgan fingerprint density at radius 1 is 1.13 bits per heavy atom. The summed E-state index contributed by atoms with van der Waals surface area (Å²) < 4.78 is 20.2. The van der Waals surface area contributed by atoms with Crippen molar-refractivity contribution in [2.75, 3.05) is 7.11 Å². The van der Waals surface area contributed by atoms with E-state index in [2.05, 4.69) is 23.4 Å². The summed E-state index contributed by atoms with van der Waals surface area (Å²) in [5.41, 5.74) is 3.00. The van der Waals surface area contributed by atoms with Gasteiger partial charge in [-0.15, -0.1) is 0 Å². The van der Waals surface area contributed by atoms with E-state index in [1.54, 1.807) is 18.2 Å². The number of aromatic nitrogens is 2. The monoisotopic (exact) mass is 529 g/mol. The van der Waals surface area contributed by atoms with Crippen molar-refractivity contribution in [3.8, 4) is 5.69 Å². The standard InChI is InChI=1S/C31H32FN3O4/c1-29-18-21-19-33-35(24-9-7-23(32)8-10-24)26(21)17-22(29)12-14-31(29,38)13-11-20-5-3-4-6-25(20)27(36)34-30(15-16-30)28(37)39-2/h3-10,17,19,38H,11-16,18H2,1-2H3,(H,34,36)/t29-,31-/m0/s1. The summed E-state index contributed by atoms with van der Waals surface area (Å²) >= 11 is 0. The molecule has 1 heterocycles. The molecule has 0 unspecified atom stereocenters. The van der Waals surface area contributed by atoms with E-state index in [0.29, 0.717) is 44.1 Å². The molecule has 3 aliphatic carbocycles. The molecule has 39 heavy (non-hydrogen) atoms. The van der Waals surface area contributed by atoms with Crippen LogP contribution in [-0.4, -0.2) is 45.0 Å². The zero-order chi connectivity index (χ0) is 27.4. The van der Waals surface area contributed by atoms with Crippen LogP contribution >= 0.6 is 0 Å². The zero-order valence-electron chi connectivity index (χ0n) is 22.2. The average molecular weight is 530 g/mol. The highest BCUT2D eigenvalue weighted by Crippen LogP contribution is 2.57. The first-order valence-corrected chi connectivity index (χ1v) is 13.4. The molecule has 3 aliphatic rings. The van der Waals surface area contributed by atoms with Gasteiger partial charge in [-0.1, -0.05) is 30.7 Å². The lowest BCUT2D eigenvalue weighted by molar-refractivity contribution is -0.144. The fourth-order valence-corrected chi connectivity index (χ4v) is 6.40. The normalized spacial score (nSPS) is 24.4. The van der Waals surface area contributed by atoms with Gasteiger partial charge in [-0.25, -0.2) is 13.9 Å². The number of aliphatic hydroxyl groups is 1. The minimum Gasteiger partial charge on any atom is -0.467 e. The molecule has 6 rings (SSSR count). The van der Waals surface area contributed by atoms with Crippen LogP contribution in [0.25, 0.3) is 11.8 Å². The number of ether oxygens (including phenoxy) is 1. The first-order chi connectivity index (χ1) is 18.7. The summed E-state index contributed by atoms with van der Waals surface area (Å²) in [5, 5.41) is 19.5. The molecule has 2 N–H and O–H groups in total. The Hall–Kier alpha value is -3.78. The number of methoxy groups -OCH3 is 1. The second kappa shape index (κ2) is 9.16. The highest BCUT2D eigenvalue weighted by Gasteiger charge is 2.55. The van der Waals surface area contributed by atoms with Gasteiger partial charge in [-0.2, -0.15) is 5.10 Å². The van der Waals surface area contributed by atoms with E-state index in [-0.39, 0.29) is 11.7 Å². The van der Waals surface area contributed by atoms with Gasteiger partial charge in [0, 0.05) is 11.0 Å².